The first-order chi connectivity index (χ1) is 4.74. The van der Waals surface area contributed by atoms with Gasteiger partial charge in [-0.2, -0.15) is 0 Å². The minimum absolute atomic E-state index is 0.215. The SMILES string of the molecule is Cc1cc(N=[N])ccc1O. The second-order valence-corrected chi connectivity index (χ2v) is 2.07. The predicted molar refractivity (Wildman–Crippen MR) is 37.1 cm³/mol. The van der Waals surface area contributed by atoms with Gasteiger partial charge in [0.05, 0.1) is 5.69 Å². The standard InChI is InChI=1S/C7H7N2O/c1-5-4-6(9-8)2-3-7(5)10/h2-4,10H,1H3. The molecule has 51 valence electrons. The number of phenols is 1. The molecule has 10 heavy (non-hydrogen) atoms. The maximum atomic E-state index is 9.02. The summed E-state index contributed by atoms with van der Waals surface area (Å²) in [4.78, 5) is 0. The topological polar surface area (TPSA) is 54.9 Å². The molecule has 1 rings (SSSR count). The Morgan fingerprint density at radius 1 is 1.50 bits per heavy atom. The van der Waals surface area contributed by atoms with Crippen molar-refractivity contribution in [1.29, 1.82) is 0 Å². The first-order valence-corrected chi connectivity index (χ1v) is 2.89. The molecule has 0 amide bonds. The van der Waals surface area contributed by atoms with Gasteiger partial charge in [-0.3, -0.25) is 0 Å². The van der Waals surface area contributed by atoms with Crippen LogP contribution in [0.1, 0.15) is 5.56 Å². The molecule has 0 heterocycles. The fraction of sp³-hybridized carbons (Fsp3) is 0.143. The maximum Gasteiger partial charge on any atom is 0.118 e. The molecule has 3 nitrogen and oxygen atoms in total. The average Bonchev–Trinajstić information content (AvgIpc) is 1.95. The Labute approximate surface area is 58.8 Å². The van der Waals surface area contributed by atoms with Crippen molar-refractivity contribution >= 4 is 5.69 Å². The molecule has 0 aliphatic rings. The summed E-state index contributed by atoms with van der Waals surface area (Å²) < 4.78 is 0. The summed E-state index contributed by atoms with van der Waals surface area (Å²) in [6.45, 7) is 1.74. The van der Waals surface area contributed by atoms with Crippen LogP contribution in [0.15, 0.2) is 23.3 Å². The van der Waals surface area contributed by atoms with E-state index in [9.17, 15) is 0 Å². The van der Waals surface area contributed by atoms with Gasteiger partial charge in [-0.05, 0) is 36.2 Å². The van der Waals surface area contributed by atoms with E-state index in [1.54, 1.807) is 13.0 Å². The molecule has 1 N–H and O–H groups in total. The number of benzene rings is 1. The van der Waals surface area contributed by atoms with Gasteiger partial charge >= 0.3 is 0 Å². The van der Waals surface area contributed by atoms with Crippen LogP contribution in [0.3, 0.4) is 0 Å². The Balaban J connectivity index is 3.16. The van der Waals surface area contributed by atoms with Gasteiger partial charge < -0.3 is 5.11 Å². The highest BCUT2D eigenvalue weighted by Crippen LogP contribution is 2.21. The van der Waals surface area contributed by atoms with E-state index in [0.29, 0.717) is 11.3 Å². The summed E-state index contributed by atoms with van der Waals surface area (Å²) >= 11 is 0. The zero-order chi connectivity index (χ0) is 7.56. The van der Waals surface area contributed by atoms with Crippen LogP contribution in [-0.2, 0) is 0 Å². The van der Waals surface area contributed by atoms with Crippen molar-refractivity contribution in [2.45, 2.75) is 6.92 Å². The quantitative estimate of drug-likeness (QED) is 0.584. The lowest BCUT2D eigenvalue weighted by Gasteiger charge is -1.96. The van der Waals surface area contributed by atoms with Gasteiger partial charge in [0.25, 0.3) is 0 Å². The molecular formula is C7H7N2O. The number of aromatic hydroxyl groups is 1. The van der Waals surface area contributed by atoms with Crippen molar-refractivity contribution in [3.8, 4) is 5.75 Å². The minimum atomic E-state index is 0.215. The van der Waals surface area contributed by atoms with Gasteiger partial charge in [0.2, 0.25) is 0 Å². The summed E-state index contributed by atoms with van der Waals surface area (Å²) in [5.41, 5.74) is 9.45. The van der Waals surface area contributed by atoms with Gasteiger partial charge in [0, 0.05) is 0 Å². The number of hydrogen-bond donors (Lipinski definition) is 1. The second-order valence-electron chi connectivity index (χ2n) is 2.07. The summed E-state index contributed by atoms with van der Waals surface area (Å²) in [5, 5.41) is 12.0. The molecule has 0 saturated heterocycles. The van der Waals surface area contributed by atoms with E-state index in [4.69, 9.17) is 10.6 Å². The molecule has 0 aromatic heterocycles. The minimum Gasteiger partial charge on any atom is -0.508 e. The van der Waals surface area contributed by atoms with Crippen LogP contribution in [0.5, 0.6) is 5.75 Å². The van der Waals surface area contributed by atoms with Gasteiger partial charge in [0.15, 0.2) is 0 Å². The van der Waals surface area contributed by atoms with Crippen molar-refractivity contribution in [2.75, 3.05) is 0 Å². The lowest BCUT2D eigenvalue weighted by Crippen LogP contribution is -1.72. The average molecular weight is 135 g/mol. The van der Waals surface area contributed by atoms with Crippen LogP contribution in [-0.4, -0.2) is 5.11 Å². The van der Waals surface area contributed by atoms with E-state index < -0.39 is 0 Å². The van der Waals surface area contributed by atoms with Crippen LogP contribution in [0, 0.1) is 6.92 Å². The zero-order valence-electron chi connectivity index (χ0n) is 5.57. The normalized spacial score (nSPS) is 9.30. The highest BCUT2D eigenvalue weighted by Gasteiger charge is 1.95. The molecule has 1 aromatic rings. The molecule has 0 fully saturated rings. The van der Waals surface area contributed by atoms with Crippen molar-refractivity contribution in [3.05, 3.63) is 23.8 Å². The number of hydrogen-bond acceptors (Lipinski definition) is 2. The van der Waals surface area contributed by atoms with Crippen LogP contribution < -0.4 is 5.53 Å². The van der Waals surface area contributed by atoms with E-state index in [-0.39, 0.29) is 5.75 Å². The highest BCUT2D eigenvalue weighted by molar-refractivity contribution is 5.45. The summed E-state index contributed by atoms with van der Waals surface area (Å²) in [7, 11) is 0. The Hall–Kier alpha value is -1.38. The van der Waals surface area contributed by atoms with Crippen molar-refractivity contribution in [1.82, 2.24) is 5.53 Å². The van der Waals surface area contributed by atoms with Gasteiger partial charge in [-0.1, -0.05) is 0 Å². The smallest absolute Gasteiger partial charge is 0.118 e. The third kappa shape index (κ3) is 1.13. The third-order valence-corrected chi connectivity index (χ3v) is 1.30. The molecule has 0 bridgehead atoms. The molecule has 0 aliphatic carbocycles. The second kappa shape index (κ2) is 2.47. The maximum absolute atomic E-state index is 9.02. The first-order valence-electron chi connectivity index (χ1n) is 2.89. The molecule has 1 aromatic carbocycles. The summed E-state index contributed by atoms with van der Waals surface area (Å²) in [5.74, 6) is 0.215. The van der Waals surface area contributed by atoms with Crippen molar-refractivity contribution < 1.29 is 5.11 Å². The molecule has 0 atom stereocenters. The van der Waals surface area contributed by atoms with Crippen LogP contribution >= 0.6 is 0 Å². The highest BCUT2D eigenvalue weighted by atomic mass is 16.3. The van der Waals surface area contributed by atoms with E-state index in [1.807, 2.05) is 0 Å². The Morgan fingerprint density at radius 2 is 2.20 bits per heavy atom. The van der Waals surface area contributed by atoms with Gasteiger partial charge in [-0.25, -0.2) is 0 Å². The first kappa shape index (κ1) is 6.74. The Bertz CT molecular complexity index is 258. The lowest BCUT2D eigenvalue weighted by molar-refractivity contribution is 0.471. The van der Waals surface area contributed by atoms with Crippen LogP contribution in [0.25, 0.3) is 0 Å². The Morgan fingerprint density at radius 3 is 2.70 bits per heavy atom. The predicted octanol–water partition coefficient (Wildman–Crippen LogP) is 1.58. The zero-order valence-corrected chi connectivity index (χ0v) is 5.57. The molecule has 0 spiro atoms. The molecule has 0 unspecified atom stereocenters. The molecule has 3 heteroatoms. The molecular weight excluding hydrogens is 128 g/mol. The van der Waals surface area contributed by atoms with E-state index >= 15 is 0 Å². The van der Waals surface area contributed by atoms with Crippen molar-refractivity contribution in [2.24, 2.45) is 5.11 Å². The number of rotatable bonds is 1. The number of aryl methyl sites for hydroxylation is 1. The number of nitrogens with zero attached hydrogens (tertiary/aromatic N) is 2. The van der Waals surface area contributed by atoms with Gasteiger partial charge in [-0.15, -0.1) is 5.11 Å². The van der Waals surface area contributed by atoms with E-state index in [2.05, 4.69) is 5.11 Å². The van der Waals surface area contributed by atoms with Crippen LogP contribution in [0.4, 0.5) is 5.69 Å². The Kier molecular flexibility index (Phi) is 1.67. The van der Waals surface area contributed by atoms with Gasteiger partial charge in [0.1, 0.15) is 5.75 Å². The lowest BCUT2D eigenvalue weighted by atomic mass is 10.2. The fourth-order valence-electron chi connectivity index (χ4n) is 0.702. The van der Waals surface area contributed by atoms with Crippen LogP contribution in [0.2, 0.25) is 0 Å². The fourth-order valence-corrected chi connectivity index (χ4v) is 0.702. The molecule has 0 aliphatic heterocycles. The van der Waals surface area contributed by atoms with Crippen molar-refractivity contribution in [3.63, 3.8) is 0 Å². The third-order valence-electron chi connectivity index (χ3n) is 1.30. The number of phenolic OH excluding ortho intramolecular Hbond substituents is 1. The molecule has 1 radical (unpaired) electrons. The van der Waals surface area contributed by atoms with E-state index in [1.165, 1.54) is 12.1 Å². The summed E-state index contributed by atoms with van der Waals surface area (Å²) in [6.07, 6.45) is 0. The monoisotopic (exact) mass is 135 g/mol. The summed E-state index contributed by atoms with van der Waals surface area (Å²) in [6, 6.07) is 4.61. The van der Waals surface area contributed by atoms with E-state index in [0.717, 1.165) is 0 Å². The largest absolute Gasteiger partial charge is 0.508 e. The molecule has 0 saturated carbocycles.